The molecule has 0 aliphatic carbocycles. The molecule has 1 spiro atoms. The summed E-state index contributed by atoms with van der Waals surface area (Å²) in [6.07, 6.45) is 4.61. The van der Waals surface area contributed by atoms with Crippen LogP contribution in [0.2, 0.25) is 0 Å². The van der Waals surface area contributed by atoms with Gasteiger partial charge in [0.25, 0.3) is 5.91 Å². The van der Waals surface area contributed by atoms with Gasteiger partial charge in [-0.15, -0.1) is 0 Å². The Kier molecular flexibility index (Phi) is 4.03. The lowest BCUT2D eigenvalue weighted by atomic mass is 9.79. The van der Waals surface area contributed by atoms with Gasteiger partial charge >= 0.3 is 0 Å². The molecule has 0 radical (unpaired) electrons. The molecule has 5 heterocycles. The highest BCUT2D eigenvalue weighted by molar-refractivity contribution is 6.06. The van der Waals surface area contributed by atoms with Crippen LogP contribution in [0.4, 0.5) is 0 Å². The minimum Gasteiger partial charge on any atom is -0.348 e. The quantitative estimate of drug-likeness (QED) is 0.683. The Morgan fingerprint density at radius 2 is 1.93 bits per heavy atom. The molecule has 0 bridgehead atoms. The standard InChI is InChI=1S/C21H27N7O/c1-13-11-15(17-14(2)25-27(4)19(17)24-13)20(29)28-9-6-21(7-10-28)18-16(22-12-23-18)5-8-26(21)3/h11-12H,5-10H2,1-4H3,(H,22,23). The van der Waals surface area contributed by atoms with Crippen molar-refractivity contribution in [3.8, 4) is 0 Å². The molecule has 0 atom stereocenters. The average Bonchev–Trinajstić information content (AvgIpc) is 3.30. The normalized spacial score (nSPS) is 19.1. The third-order valence-electron chi connectivity index (χ3n) is 6.79. The molecule has 1 N–H and O–H groups in total. The summed E-state index contributed by atoms with van der Waals surface area (Å²) in [5, 5.41) is 5.35. The Morgan fingerprint density at radius 1 is 1.17 bits per heavy atom. The number of hydrogen-bond donors (Lipinski definition) is 1. The van der Waals surface area contributed by atoms with Crippen LogP contribution >= 0.6 is 0 Å². The van der Waals surface area contributed by atoms with E-state index >= 15 is 0 Å². The molecule has 2 aliphatic heterocycles. The SMILES string of the molecule is Cc1cc(C(=O)N2CCC3(CC2)c2nc[nH]c2CCN3C)c2c(C)nn(C)c2n1. The van der Waals surface area contributed by atoms with Crippen molar-refractivity contribution in [3.05, 3.63) is 40.7 Å². The molecule has 3 aromatic heterocycles. The first-order valence-electron chi connectivity index (χ1n) is 10.2. The minimum atomic E-state index is -0.0714. The maximum Gasteiger partial charge on any atom is 0.254 e. The van der Waals surface area contributed by atoms with Crippen LogP contribution in [0.3, 0.4) is 0 Å². The average molecular weight is 393 g/mol. The summed E-state index contributed by atoms with van der Waals surface area (Å²) in [6.45, 7) is 6.33. The molecule has 8 heteroatoms. The molecule has 152 valence electrons. The largest absolute Gasteiger partial charge is 0.348 e. The van der Waals surface area contributed by atoms with Gasteiger partial charge in [0.2, 0.25) is 0 Å². The van der Waals surface area contributed by atoms with Gasteiger partial charge in [-0.25, -0.2) is 9.97 Å². The molecule has 29 heavy (non-hydrogen) atoms. The highest BCUT2D eigenvalue weighted by Crippen LogP contribution is 2.41. The van der Waals surface area contributed by atoms with Crippen LogP contribution in [0.1, 0.15) is 46.0 Å². The second-order valence-electron chi connectivity index (χ2n) is 8.44. The van der Waals surface area contributed by atoms with E-state index < -0.39 is 0 Å². The zero-order valence-corrected chi connectivity index (χ0v) is 17.5. The number of fused-ring (bicyclic) bond motifs is 3. The van der Waals surface area contributed by atoms with Crippen LogP contribution < -0.4 is 0 Å². The topological polar surface area (TPSA) is 82.9 Å². The highest BCUT2D eigenvalue weighted by atomic mass is 16.2. The van der Waals surface area contributed by atoms with E-state index in [0.717, 1.165) is 61.3 Å². The number of amides is 1. The molecule has 3 aromatic rings. The minimum absolute atomic E-state index is 0.0714. The predicted molar refractivity (Wildman–Crippen MR) is 110 cm³/mol. The first-order chi connectivity index (χ1) is 13.9. The van der Waals surface area contributed by atoms with Crippen molar-refractivity contribution in [3.63, 3.8) is 0 Å². The van der Waals surface area contributed by atoms with Gasteiger partial charge in [-0.1, -0.05) is 0 Å². The van der Waals surface area contributed by atoms with Gasteiger partial charge in [0.1, 0.15) is 0 Å². The van der Waals surface area contributed by atoms with E-state index in [1.807, 2.05) is 38.2 Å². The van der Waals surface area contributed by atoms with Crippen molar-refractivity contribution in [2.45, 2.75) is 38.6 Å². The maximum absolute atomic E-state index is 13.5. The van der Waals surface area contributed by atoms with Crippen molar-refractivity contribution < 1.29 is 4.79 Å². The third-order valence-corrected chi connectivity index (χ3v) is 6.79. The predicted octanol–water partition coefficient (Wildman–Crippen LogP) is 1.93. The van der Waals surface area contributed by atoms with Gasteiger partial charge in [-0.2, -0.15) is 5.10 Å². The van der Waals surface area contributed by atoms with Gasteiger partial charge in [0, 0.05) is 44.5 Å². The molecule has 1 fully saturated rings. The monoisotopic (exact) mass is 393 g/mol. The Bertz CT molecular complexity index is 1100. The molecule has 1 saturated heterocycles. The molecule has 0 aromatic carbocycles. The number of likely N-dealkylation sites (tertiary alicyclic amines) is 1. The van der Waals surface area contributed by atoms with Gasteiger partial charge in [-0.05, 0) is 39.8 Å². The Labute approximate surface area is 169 Å². The Morgan fingerprint density at radius 3 is 2.69 bits per heavy atom. The Hall–Kier alpha value is -2.74. The number of piperidine rings is 1. The van der Waals surface area contributed by atoms with Crippen molar-refractivity contribution in [1.29, 1.82) is 0 Å². The smallest absolute Gasteiger partial charge is 0.254 e. The lowest BCUT2D eigenvalue weighted by Crippen LogP contribution is -2.55. The van der Waals surface area contributed by atoms with E-state index in [9.17, 15) is 4.79 Å². The van der Waals surface area contributed by atoms with Gasteiger partial charge in [-0.3, -0.25) is 14.4 Å². The number of hydrogen-bond acceptors (Lipinski definition) is 5. The summed E-state index contributed by atoms with van der Waals surface area (Å²) in [5.74, 6) is 0.0761. The van der Waals surface area contributed by atoms with Crippen LogP contribution in [-0.4, -0.2) is 67.1 Å². The number of H-pyrrole nitrogens is 1. The highest BCUT2D eigenvalue weighted by Gasteiger charge is 2.45. The molecular formula is C21H27N7O. The van der Waals surface area contributed by atoms with E-state index in [1.165, 1.54) is 11.4 Å². The number of imidazole rings is 1. The summed E-state index contributed by atoms with van der Waals surface area (Å²) in [5.41, 5.74) is 5.52. The van der Waals surface area contributed by atoms with Crippen molar-refractivity contribution in [2.24, 2.45) is 7.05 Å². The first-order valence-corrected chi connectivity index (χ1v) is 10.2. The molecule has 1 amide bonds. The number of pyridine rings is 1. The van der Waals surface area contributed by atoms with E-state index in [1.54, 1.807) is 4.68 Å². The summed E-state index contributed by atoms with van der Waals surface area (Å²) < 4.78 is 1.76. The number of rotatable bonds is 1. The zero-order valence-electron chi connectivity index (χ0n) is 17.5. The molecule has 8 nitrogen and oxygen atoms in total. The first kappa shape index (κ1) is 18.3. The second-order valence-corrected chi connectivity index (χ2v) is 8.44. The number of nitrogens with zero attached hydrogens (tertiary/aromatic N) is 6. The zero-order chi connectivity index (χ0) is 20.3. The second kappa shape index (κ2) is 6.38. The summed E-state index contributed by atoms with van der Waals surface area (Å²) in [7, 11) is 4.06. The maximum atomic E-state index is 13.5. The lowest BCUT2D eigenvalue weighted by Gasteiger charge is -2.49. The summed E-state index contributed by atoms with van der Waals surface area (Å²) >= 11 is 0. The van der Waals surface area contributed by atoms with E-state index in [4.69, 9.17) is 0 Å². The molecule has 0 saturated carbocycles. The van der Waals surface area contributed by atoms with Crippen LogP contribution in [-0.2, 0) is 19.0 Å². The third kappa shape index (κ3) is 2.62. The van der Waals surface area contributed by atoms with Crippen LogP contribution in [0.5, 0.6) is 0 Å². The fourth-order valence-electron chi connectivity index (χ4n) is 5.19. The van der Waals surface area contributed by atoms with E-state index in [-0.39, 0.29) is 11.4 Å². The molecule has 0 unspecified atom stereocenters. The summed E-state index contributed by atoms with van der Waals surface area (Å²) in [4.78, 5) is 30.5. The van der Waals surface area contributed by atoms with Crippen molar-refractivity contribution >= 4 is 16.9 Å². The molecule has 5 rings (SSSR count). The van der Waals surface area contributed by atoms with Crippen LogP contribution in [0, 0.1) is 13.8 Å². The van der Waals surface area contributed by atoms with Gasteiger partial charge in [0.15, 0.2) is 5.65 Å². The van der Waals surface area contributed by atoms with Crippen LogP contribution in [0.15, 0.2) is 12.4 Å². The number of carbonyl (C=O) groups excluding carboxylic acids is 1. The molecule has 2 aliphatic rings. The van der Waals surface area contributed by atoms with Gasteiger partial charge < -0.3 is 9.88 Å². The molecular weight excluding hydrogens is 366 g/mol. The van der Waals surface area contributed by atoms with Crippen LogP contribution in [0.25, 0.3) is 11.0 Å². The van der Waals surface area contributed by atoms with Crippen molar-refractivity contribution in [1.82, 2.24) is 34.5 Å². The van der Waals surface area contributed by atoms with E-state index in [2.05, 4.69) is 32.0 Å². The number of nitrogens with one attached hydrogen (secondary N) is 1. The van der Waals surface area contributed by atoms with Gasteiger partial charge in [0.05, 0.1) is 34.2 Å². The fraction of sp³-hybridized carbons (Fsp3) is 0.524. The summed E-state index contributed by atoms with van der Waals surface area (Å²) in [6, 6.07) is 1.91. The number of aryl methyl sites for hydroxylation is 3. The lowest BCUT2D eigenvalue weighted by molar-refractivity contribution is 0.0226. The number of carbonyl (C=O) groups is 1. The number of aromatic amines is 1. The Balaban J connectivity index is 1.46. The number of likely N-dealkylation sites (N-methyl/N-ethyl adjacent to an activating group) is 1. The fourth-order valence-corrected chi connectivity index (χ4v) is 5.19. The van der Waals surface area contributed by atoms with E-state index in [0.29, 0.717) is 5.56 Å². The number of aromatic nitrogens is 5. The van der Waals surface area contributed by atoms with Crippen molar-refractivity contribution in [2.75, 3.05) is 26.7 Å².